The fourth-order valence-corrected chi connectivity index (χ4v) is 2.46. The number of benzene rings is 1. The van der Waals surface area contributed by atoms with Gasteiger partial charge in [0.05, 0.1) is 12.1 Å². The fraction of sp³-hybridized carbons (Fsp3) is 0.412. The van der Waals surface area contributed by atoms with Crippen molar-refractivity contribution < 1.29 is 4.79 Å². The van der Waals surface area contributed by atoms with Gasteiger partial charge in [0.1, 0.15) is 0 Å². The Morgan fingerprint density at radius 3 is 2.67 bits per heavy atom. The van der Waals surface area contributed by atoms with Crippen molar-refractivity contribution in [2.24, 2.45) is 5.92 Å². The average Bonchev–Trinajstić information content (AvgIpc) is 2.45. The highest BCUT2D eigenvalue weighted by Crippen LogP contribution is 2.16. The van der Waals surface area contributed by atoms with E-state index in [-0.39, 0.29) is 17.4 Å². The molecule has 0 fully saturated rings. The summed E-state index contributed by atoms with van der Waals surface area (Å²) in [5.74, 6) is 0.00738. The van der Waals surface area contributed by atoms with Crippen LogP contribution >= 0.6 is 0 Å². The molecule has 0 saturated carbocycles. The molecule has 1 heterocycles. The Morgan fingerprint density at radius 1 is 1.33 bits per heavy atom. The van der Waals surface area contributed by atoms with Crippen molar-refractivity contribution in [3.05, 3.63) is 45.7 Å². The summed E-state index contributed by atoms with van der Waals surface area (Å²) in [5.41, 5.74) is 2.42. The van der Waals surface area contributed by atoms with Gasteiger partial charge in [0.15, 0.2) is 0 Å². The van der Waals surface area contributed by atoms with Gasteiger partial charge in [-0.15, -0.1) is 0 Å². The van der Waals surface area contributed by atoms with Crippen LogP contribution in [0.5, 0.6) is 0 Å². The fourth-order valence-electron chi connectivity index (χ4n) is 2.46. The smallest absolute Gasteiger partial charge is 0.253 e. The summed E-state index contributed by atoms with van der Waals surface area (Å²) in [6, 6.07) is 7.80. The first-order valence-corrected chi connectivity index (χ1v) is 7.34. The van der Waals surface area contributed by atoms with Crippen LogP contribution in [-0.4, -0.2) is 22.3 Å². The molecule has 0 atom stereocenters. The van der Waals surface area contributed by atoms with E-state index in [1.165, 1.54) is 0 Å². The second kappa shape index (κ2) is 6.12. The Kier molecular flexibility index (Phi) is 4.46. The zero-order chi connectivity index (χ0) is 15.6. The van der Waals surface area contributed by atoms with E-state index in [1.807, 2.05) is 52.0 Å². The monoisotopic (exact) mass is 286 g/mol. The number of carbonyl (C=O) groups is 1. The summed E-state index contributed by atoms with van der Waals surface area (Å²) in [6.45, 7) is 8.60. The molecule has 0 unspecified atom stereocenters. The third-order valence-electron chi connectivity index (χ3n) is 3.71. The van der Waals surface area contributed by atoms with E-state index >= 15 is 0 Å². The second-order valence-corrected chi connectivity index (χ2v) is 5.67. The maximum atomic E-state index is 12.2. The van der Waals surface area contributed by atoms with Gasteiger partial charge in [-0.05, 0) is 30.9 Å². The minimum Gasteiger partial charge on any atom is -0.338 e. The van der Waals surface area contributed by atoms with Gasteiger partial charge in [0.25, 0.3) is 5.56 Å². The SMILES string of the molecule is CCN(Cc1cc2cccc(C)c2[nH]c1=O)C(=O)C(C)C. The minimum absolute atomic E-state index is 0.0632. The number of nitrogens with zero attached hydrogens (tertiary/aromatic N) is 1. The van der Waals surface area contributed by atoms with Crippen molar-refractivity contribution in [1.29, 1.82) is 0 Å². The van der Waals surface area contributed by atoms with Crippen molar-refractivity contribution in [2.75, 3.05) is 6.54 Å². The van der Waals surface area contributed by atoms with Gasteiger partial charge < -0.3 is 9.88 Å². The van der Waals surface area contributed by atoms with Gasteiger partial charge in [-0.3, -0.25) is 9.59 Å². The molecule has 2 rings (SSSR count). The van der Waals surface area contributed by atoms with Crippen LogP contribution in [-0.2, 0) is 11.3 Å². The Bertz CT molecular complexity index is 716. The van der Waals surface area contributed by atoms with Crippen molar-refractivity contribution in [2.45, 2.75) is 34.2 Å². The Morgan fingerprint density at radius 2 is 2.05 bits per heavy atom. The highest BCUT2D eigenvalue weighted by molar-refractivity contribution is 5.82. The number of amides is 1. The van der Waals surface area contributed by atoms with E-state index in [9.17, 15) is 9.59 Å². The second-order valence-electron chi connectivity index (χ2n) is 5.67. The quantitative estimate of drug-likeness (QED) is 0.939. The number of nitrogens with one attached hydrogen (secondary N) is 1. The lowest BCUT2D eigenvalue weighted by atomic mass is 10.1. The first-order chi connectivity index (χ1) is 9.93. The normalized spacial score (nSPS) is 11.1. The molecule has 4 heteroatoms. The summed E-state index contributed by atoms with van der Waals surface area (Å²) in [7, 11) is 0. The predicted octanol–water partition coefficient (Wildman–Crippen LogP) is 2.84. The molecule has 2 aromatic rings. The Hall–Kier alpha value is -2.10. The number of pyridine rings is 1. The van der Waals surface area contributed by atoms with E-state index < -0.39 is 0 Å². The van der Waals surface area contributed by atoms with Crippen LogP contribution in [0.4, 0.5) is 0 Å². The molecule has 1 aromatic carbocycles. The van der Waals surface area contributed by atoms with Crippen LogP contribution in [0.15, 0.2) is 29.1 Å². The topological polar surface area (TPSA) is 53.2 Å². The van der Waals surface area contributed by atoms with Gasteiger partial charge in [0.2, 0.25) is 5.91 Å². The van der Waals surface area contributed by atoms with E-state index in [2.05, 4.69) is 4.98 Å². The lowest BCUT2D eigenvalue weighted by Crippen LogP contribution is -2.35. The number of hydrogen-bond donors (Lipinski definition) is 1. The van der Waals surface area contributed by atoms with Gasteiger partial charge >= 0.3 is 0 Å². The van der Waals surface area contributed by atoms with Gasteiger partial charge in [0, 0.05) is 18.0 Å². The van der Waals surface area contributed by atoms with Gasteiger partial charge in [-0.2, -0.15) is 0 Å². The van der Waals surface area contributed by atoms with Crippen LogP contribution in [0.3, 0.4) is 0 Å². The molecule has 0 aliphatic carbocycles. The number of H-pyrrole nitrogens is 1. The van der Waals surface area contributed by atoms with E-state index in [1.54, 1.807) is 4.90 Å². The first-order valence-electron chi connectivity index (χ1n) is 7.34. The molecule has 1 N–H and O–H groups in total. The molecule has 0 aliphatic rings. The largest absolute Gasteiger partial charge is 0.338 e. The number of fused-ring (bicyclic) bond motifs is 1. The van der Waals surface area contributed by atoms with Crippen LogP contribution in [0.2, 0.25) is 0 Å². The summed E-state index contributed by atoms with van der Waals surface area (Å²) in [5, 5.41) is 0.998. The maximum absolute atomic E-state index is 12.2. The third kappa shape index (κ3) is 3.15. The van der Waals surface area contributed by atoms with Gasteiger partial charge in [-0.1, -0.05) is 32.0 Å². The molecule has 21 heavy (non-hydrogen) atoms. The number of hydrogen-bond acceptors (Lipinski definition) is 2. The number of aromatic nitrogens is 1. The predicted molar refractivity (Wildman–Crippen MR) is 85.2 cm³/mol. The molecule has 0 bridgehead atoms. The highest BCUT2D eigenvalue weighted by atomic mass is 16.2. The standard InChI is InChI=1S/C17H22N2O2/c1-5-19(17(21)11(2)3)10-14-9-13-8-6-7-12(4)15(13)18-16(14)20/h6-9,11H,5,10H2,1-4H3,(H,18,20). The molecule has 1 aromatic heterocycles. The zero-order valence-corrected chi connectivity index (χ0v) is 13.1. The number of rotatable bonds is 4. The summed E-state index contributed by atoms with van der Waals surface area (Å²) in [6.07, 6.45) is 0. The highest BCUT2D eigenvalue weighted by Gasteiger charge is 2.17. The lowest BCUT2D eigenvalue weighted by molar-refractivity contribution is -0.134. The van der Waals surface area contributed by atoms with Crippen molar-refractivity contribution in [3.8, 4) is 0 Å². The van der Waals surface area contributed by atoms with Crippen LogP contribution in [0.25, 0.3) is 10.9 Å². The molecular weight excluding hydrogens is 264 g/mol. The zero-order valence-electron chi connectivity index (χ0n) is 13.1. The number of para-hydroxylation sites is 1. The maximum Gasteiger partial charge on any atom is 0.253 e. The van der Waals surface area contributed by atoms with Crippen LogP contribution in [0, 0.1) is 12.8 Å². The summed E-state index contributed by atoms with van der Waals surface area (Å²) >= 11 is 0. The summed E-state index contributed by atoms with van der Waals surface area (Å²) in [4.78, 5) is 29.0. The summed E-state index contributed by atoms with van der Waals surface area (Å²) < 4.78 is 0. The molecule has 0 aliphatic heterocycles. The minimum atomic E-state index is -0.119. The molecule has 0 radical (unpaired) electrons. The van der Waals surface area contributed by atoms with Crippen molar-refractivity contribution in [3.63, 3.8) is 0 Å². The van der Waals surface area contributed by atoms with E-state index in [0.717, 1.165) is 16.5 Å². The molecule has 1 amide bonds. The van der Waals surface area contributed by atoms with E-state index in [4.69, 9.17) is 0 Å². The van der Waals surface area contributed by atoms with Crippen LogP contribution in [0.1, 0.15) is 31.9 Å². The van der Waals surface area contributed by atoms with Gasteiger partial charge in [-0.25, -0.2) is 0 Å². The molecule has 112 valence electrons. The van der Waals surface area contributed by atoms with E-state index in [0.29, 0.717) is 18.7 Å². The number of carbonyl (C=O) groups excluding carboxylic acids is 1. The average molecular weight is 286 g/mol. The van der Waals surface area contributed by atoms with Crippen molar-refractivity contribution in [1.82, 2.24) is 9.88 Å². The first kappa shape index (κ1) is 15.3. The number of aryl methyl sites for hydroxylation is 1. The number of aromatic amines is 1. The Labute approximate surface area is 124 Å². The van der Waals surface area contributed by atoms with Crippen LogP contribution < -0.4 is 5.56 Å². The molecule has 4 nitrogen and oxygen atoms in total. The van der Waals surface area contributed by atoms with Crippen molar-refractivity contribution >= 4 is 16.8 Å². The lowest BCUT2D eigenvalue weighted by Gasteiger charge is -2.22. The molecule has 0 spiro atoms. The molecular formula is C17H22N2O2. The molecule has 0 saturated heterocycles. The Balaban J connectivity index is 2.40. The third-order valence-corrected chi connectivity index (χ3v) is 3.71.